The maximum atomic E-state index is 12.3. The summed E-state index contributed by atoms with van der Waals surface area (Å²) in [4.78, 5) is 16.6. The summed E-state index contributed by atoms with van der Waals surface area (Å²) < 4.78 is 5.13. The van der Waals surface area contributed by atoms with E-state index in [9.17, 15) is 4.79 Å². The van der Waals surface area contributed by atoms with Gasteiger partial charge in [-0.25, -0.2) is 0 Å². The summed E-state index contributed by atoms with van der Waals surface area (Å²) in [6, 6.07) is 8.22. The van der Waals surface area contributed by atoms with Crippen LogP contribution in [0.5, 0.6) is 5.75 Å². The number of hydrogen-bond acceptors (Lipinski definition) is 3. The predicted molar refractivity (Wildman–Crippen MR) is 84.6 cm³/mol. The number of likely N-dealkylation sites (tertiary alicyclic amines) is 1. The van der Waals surface area contributed by atoms with E-state index in [0.29, 0.717) is 12.5 Å². The predicted octanol–water partition coefficient (Wildman–Crippen LogP) is 2.18. The highest BCUT2D eigenvalue weighted by molar-refractivity contribution is 5.78. The number of amides is 1. The zero-order valence-corrected chi connectivity index (χ0v) is 13.3. The SMILES string of the molecule is COc1ccc(CC(=O)N(C)C[C@@H]2CCCCN2C)cc1. The molecule has 0 radical (unpaired) electrons. The number of carbonyl (C=O) groups is 1. The highest BCUT2D eigenvalue weighted by atomic mass is 16.5. The minimum absolute atomic E-state index is 0.180. The third-order valence-corrected chi connectivity index (χ3v) is 4.35. The second kappa shape index (κ2) is 7.46. The Balaban J connectivity index is 1.86. The quantitative estimate of drug-likeness (QED) is 0.833. The third kappa shape index (κ3) is 4.46. The number of ether oxygens (including phenoxy) is 1. The summed E-state index contributed by atoms with van der Waals surface area (Å²) in [5, 5.41) is 0. The van der Waals surface area contributed by atoms with E-state index in [4.69, 9.17) is 4.74 Å². The maximum absolute atomic E-state index is 12.3. The number of hydrogen-bond donors (Lipinski definition) is 0. The summed E-state index contributed by atoms with van der Waals surface area (Å²) in [6.45, 7) is 1.97. The third-order valence-electron chi connectivity index (χ3n) is 4.35. The van der Waals surface area contributed by atoms with E-state index in [0.717, 1.165) is 24.4 Å². The van der Waals surface area contributed by atoms with Crippen molar-refractivity contribution in [3.05, 3.63) is 29.8 Å². The fourth-order valence-electron chi connectivity index (χ4n) is 2.85. The van der Waals surface area contributed by atoms with Crippen LogP contribution >= 0.6 is 0 Å². The topological polar surface area (TPSA) is 32.8 Å². The van der Waals surface area contributed by atoms with Gasteiger partial charge in [-0.05, 0) is 44.1 Å². The van der Waals surface area contributed by atoms with Gasteiger partial charge in [-0.2, -0.15) is 0 Å². The van der Waals surface area contributed by atoms with Crippen LogP contribution in [0.15, 0.2) is 24.3 Å². The summed E-state index contributed by atoms with van der Waals surface area (Å²) in [5.41, 5.74) is 1.03. The fourth-order valence-corrected chi connectivity index (χ4v) is 2.85. The average molecular weight is 290 g/mol. The average Bonchev–Trinajstić information content (AvgIpc) is 2.50. The van der Waals surface area contributed by atoms with E-state index in [1.165, 1.54) is 19.3 Å². The number of rotatable bonds is 5. The molecule has 1 heterocycles. The van der Waals surface area contributed by atoms with Crippen molar-refractivity contribution in [1.82, 2.24) is 9.80 Å². The molecule has 1 aromatic carbocycles. The number of methoxy groups -OCH3 is 1. The lowest BCUT2D eigenvalue weighted by atomic mass is 10.0. The first kappa shape index (κ1) is 15.8. The monoisotopic (exact) mass is 290 g/mol. The molecule has 0 N–H and O–H groups in total. The molecule has 4 heteroatoms. The lowest BCUT2D eigenvalue weighted by Crippen LogP contribution is -2.45. The van der Waals surface area contributed by atoms with Gasteiger partial charge < -0.3 is 14.5 Å². The summed E-state index contributed by atoms with van der Waals surface area (Å²) in [7, 11) is 5.72. The van der Waals surface area contributed by atoms with Crippen molar-refractivity contribution in [3.8, 4) is 5.75 Å². The van der Waals surface area contributed by atoms with Crippen LogP contribution in [0.1, 0.15) is 24.8 Å². The molecule has 1 saturated heterocycles. The molecule has 0 spiro atoms. The molecule has 21 heavy (non-hydrogen) atoms. The largest absolute Gasteiger partial charge is 0.497 e. The van der Waals surface area contributed by atoms with E-state index in [1.807, 2.05) is 36.2 Å². The van der Waals surface area contributed by atoms with Crippen LogP contribution in [0.3, 0.4) is 0 Å². The Morgan fingerprint density at radius 1 is 1.33 bits per heavy atom. The van der Waals surface area contributed by atoms with E-state index in [1.54, 1.807) is 7.11 Å². The molecule has 1 aliphatic heterocycles. The number of benzene rings is 1. The van der Waals surface area contributed by atoms with Gasteiger partial charge in [0.05, 0.1) is 13.5 Å². The first-order valence-electron chi connectivity index (χ1n) is 7.67. The van der Waals surface area contributed by atoms with Crippen LogP contribution in [-0.2, 0) is 11.2 Å². The normalized spacial score (nSPS) is 19.3. The molecule has 0 unspecified atom stereocenters. The van der Waals surface area contributed by atoms with Gasteiger partial charge in [0.2, 0.25) is 5.91 Å². The number of piperidine rings is 1. The smallest absolute Gasteiger partial charge is 0.226 e. The highest BCUT2D eigenvalue weighted by Crippen LogP contribution is 2.16. The van der Waals surface area contributed by atoms with Crippen molar-refractivity contribution in [2.75, 3.05) is 34.3 Å². The van der Waals surface area contributed by atoms with Crippen molar-refractivity contribution in [2.24, 2.45) is 0 Å². The summed E-state index contributed by atoms with van der Waals surface area (Å²) >= 11 is 0. The Morgan fingerprint density at radius 3 is 2.67 bits per heavy atom. The Bertz CT molecular complexity index is 458. The van der Waals surface area contributed by atoms with E-state index in [-0.39, 0.29) is 5.91 Å². The standard InChI is InChI=1S/C17H26N2O2/c1-18-11-5-4-6-15(18)13-19(2)17(20)12-14-7-9-16(21-3)10-8-14/h7-10,15H,4-6,11-13H2,1-3H3/t15-/m0/s1. The molecule has 0 aliphatic carbocycles. The number of nitrogens with zero attached hydrogens (tertiary/aromatic N) is 2. The fraction of sp³-hybridized carbons (Fsp3) is 0.588. The van der Waals surface area contributed by atoms with E-state index in [2.05, 4.69) is 11.9 Å². The molecule has 0 saturated carbocycles. The first-order chi connectivity index (χ1) is 10.1. The molecule has 1 fully saturated rings. The molecule has 116 valence electrons. The van der Waals surface area contributed by atoms with E-state index >= 15 is 0 Å². The van der Waals surface area contributed by atoms with Crippen LogP contribution in [0, 0.1) is 0 Å². The van der Waals surface area contributed by atoms with Gasteiger partial charge in [0.15, 0.2) is 0 Å². The highest BCUT2D eigenvalue weighted by Gasteiger charge is 2.22. The molecule has 0 bridgehead atoms. The molecule has 1 aliphatic rings. The molecule has 1 atom stereocenters. The maximum Gasteiger partial charge on any atom is 0.226 e. The van der Waals surface area contributed by atoms with Crippen molar-refractivity contribution < 1.29 is 9.53 Å². The Hall–Kier alpha value is -1.55. The summed E-state index contributed by atoms with van der Waals surface area (Å²) in [6.07, 6.45) is 4.19. The van der Waals surface area contributed by atoms with Crippen molar-refractivity contribution in [1.29, 1.82) is 0 Å². The lowest BCUT2D eigenvalue weighted by molar-refractivity contribution is -0.130. The summed E-state index contributed by atoms with van der Waals surface area (Å²) in [5.74, 6) is 1.00. The Labute approximate surface area is 127 Å². The van der Waals surface area contributed by atoms with Gasteiger partial charge in [0, 0.05) is 19.6 Å². The van der Waals surface area contributed by atoms with Crippen LogP contribution in [0.25, 0.3) is 0 Å². The van der Waals surface area contributed by atoms with Crippen molar-refractivity contribution >= 4 is 5.91 Å². The molecule has 1 amide bonds. The number of carbonyl (C=O) groups excluding carboxylic acids is 1. The van der Waals surface area contributed by atoms with Crippen LogP contribution < -0.4 is 4.74 Å². The molecule has 1 aromatic rings. The molecular formula is C17H26N2O2. The van der Waals surface area contributed by atoms with Crippen molar-refractivity contribution in [3.63, 3.8) is 0 Å². The van der Waals surface area contributed by atoms with Crippen LogP contribution in [-0.4, -0.2) is 56.0 Å². The minimum Gasteiger partial charge on any atom is -0.497 e. The first-order valence-corrected chi connectivity index (χ1v) is 7.67. The second-order valence-corrected chi connectivity index (χ2v) is 5.93. The lowest BCUT2D eigenvalue weighted by Gasteiger charge is -2.35. The van der Waals surface area contributed by atoms with Gasteiger partial charge in [-0.3, -0.25) is 4.79 Å². The molecular weight excluding hydrogens is 264 g/mol. The Kier molecular flexibility index (Phi) is 5.62. The van der Waals surface area contributed by atoms with Crippen LogP contribution in [0.4, 0.5) is 0 Å². The van der Waals surface area contributed by atoms with Gasteiger partial charge in [0.25, 0.3) is 0 Å². The van der Waals surface area contributed by atoms with Gasteiger partial charge in [-0.1, -0.05) is 18.6 Å². The zero-order valence-electron chi connectivity index (χ0n) is 13.3. The van der Waals surface area contributed by atoms with Crippen molar-refractivity contribution in [2.45, 2.75) is 31.7 Å². The zero-order chi connectivity index (χ0) is 15.2. The van der Waals surface area contributed by atoms with E-state index < -0.39 is 0 Å². The van der Waals surface area contributed by atoms with Gasteiger partial charge >= 0.3 is 0 Å². The molecule has 0 aromatic heterocycles. The molecule has 4 nitrogen and oxygen atoms in total. The second-order valence-electron chi connectivity index (χ2n) is 5.93. The Morgan fingerprint density at radius 2 is 2.05 bits per heavy atom. The minimum atomic E-state index is 0.180. The van der Waals surface area contributed by atoms with Crippen LogP contribution in [0.2, 0.25) is 0 Å². The van der Waals surface area contributed by atoms with Gasteiger partial charge in [-0.15, -0.1) is 0 Å². The number of likely N-dealkylation sites (N-methyl/N-ethyl adjacent to an activating group) is 2. The van der Waals surface area contributed by atoms with Gasteiger partial charge in [0.1, 0.15) is 5.75 Å². The molecule has 2 rings (SSSR count).